The van der Waals surface area contributed by atoms with E-state index in [4.69, 9.17) is 18.9 Å². The normalized spacial score (nSPS) is 16.4. The number of halogens is 2. The number of hydrogen-bond donors (Lipinski definition) is 0. The second-order valence-corrected chi connectivity index (χ2v) is 27.0. The van der Waals surface area contributed by atoms with Crippen LogP contribution >= 0.6 is 0 Å². The molecule has 0 radical (unpaired) electrons. The molecule has 494 valence electrons. The smallest absolute Gasteiger partial charge is 0.346 e. The van der Waals surface area contributed by atoms with Gasteiger partial charge in [-0.25, -0.2) is 18.4 Å². The van der Waals surface area contributed by atoms with Crippen LogP contribution in [0.5, 0.6) is 23.0 Å². The van der Waals surface area contributed by atoms with Gasteiger partial charge in [0.2, 0.25) is 0 Å². The molecule has 2 fully saturated rings. The molecule has 8 heteroatoms. The zero-order valence-corrected chi connectivity index (χ0v) is 56.5. The van der Waals surface area contributed by atoms with Gasteiger partial charge in [-0.2, -0.15) is 0 Å². The van der Waals surface area contributed by atoms with Crippen molar-refractivity contribution in [3.63, 3.8) is 0 Å². The van der Waals surface area contributed by atoms with Gasteiger partial charge in [-0.3, -0.25) is 0 Å². The highest BCUT2D eigenvalue weighted by Gasteiger charge is 2.31. The van der Waals surface area contributed by atoms with Crippen molar-refractivity contribution in [1.29, 1.82) is 0 Å². The number of fused-ring (bicyclic) bond motifs is 2. The Balaban J connectivity index is 0.992. The summed E-state index contributed by atoms with van der Waals surface area (Å²) in [5.41, 5.74) is 8.35. The molecule has 2 saturated carbocycles. The van der Waals surface area contributed by atoms with Crippen LogP contribution in [0, 0.1) is 23.5 Å². The number of ether oxygens (including phenoxy) is 4. The third-order valence-electron chi connectivity index (χ3n) is 20.4. The molecule has 0 amide bonds. The fourth-order valence-corrected chi connectivity index (χ4v) is 15.0. The summed E-state index contributed by atoms with van der Waals surface area (Å²) in [6, 6.07) is 61.5. The van der Waals surface area contributed by atoms with Gasteiger partial charge in [0.05, 0.1) is 24.3 Å². The largest absolute Gasteiger partial charge is 0.494 e. The van der Waals surface area contributed by atoms with Gasteiger partial charge in [0.1, 0.15) is 34.6 Å². The van der Waals surface area contributed by atoms with Crippen molar-refractivity contribution in [2.24, 2.45) is 11.8 Å². The summed E-state index contributed by atoms with van der Waals surface area (Å²) in [6.07, 6.45) is 23.1. The van der Waals surface area contributed by atoms with Gasteiger partial charge in [0.15, 0.2) is 0 Å². The van der Waals surface area contributed by atoms with Gasteiger partial charge in [0.25, 0.3) is 0 Å². The third kappa shape index (κ3) is 15.8. The van der Waals surface area contributed by atoms with Crippen LogP contribution in [0.3, 0.4) is 0 Å². The monoisotopic (exact) mass is 1280 g/mol. The highest BCUT2D eigenvalue weighted by molar-refractivity contribution is 6.16. The minimum Gasteiger partial charge on any atom is -0.494 e. The number of hydrogen-bond acceptors (Lipinski definition) is 6. The molecule has 10 aromatic rings. The van der Waals surface area contributed by atoms with E-state index in [1.54, 1.807) is 12.1 Å². The maximum Gasteiger partial charge on any atom is 0.346 e. The summed E-state index contributed by atoms with van der Waals surface area (Å²) >= 11 is 0. The molecular formula is C88H92F2O6. The van der Waals surface area contributed by atoms with E-state index in [0.717, 1.165) is 121 Å². The highest BCUT2D eigenvalue weighted by Crippen LogP contribution is 2.54. The number of unbranched alkanes of at least 4 members (excludes halogenated alkanes) is 6. The summed E-state index contributed by atoms with van der Waals surface area (Å²) in [4.78, 5) is 30.8. The van der Waals surface area contributed by atoms with E-state index >= 15 is 18.4 Å². The first-order chi connectivity index (χ1) is 47.1. The minimum absolute atomic E-state index is 0.150. The molecule has 6 nitrogen and oxygen atoms in total. The van der Waals surface area contributed by atoms with E-state index in [1.807, 2.05) is 109 Å². The Morgan fingerprint density at radius 3 is 1.10 bits per heavy atom. The van der Waals surface area contributed by atoms with Crippen LogP contribution in [-0.4, -0.2) is 25.2 Å². The average molecular weight is 1280 g/mol. The van der Waals surface area contributed by atoms with Crippen LogP contribution in [0.15, 0.2) is 194 Å². The third-order valence-corrected chi connectivity index (χ3v) is 20.4. The quantitative estimate of drug-likeness (QED) is 0.0290. The van der Waals surface area contributed by atoms with Crippen LogP contribution in [0.1, 0.15) is 200 Å². The van der Waals surface area contributed by atoms with Crippen molar-refractivity contribution in [2.75, 3.05) is 13.2 Å². The summed E-state index contributed by atoms with van der Waals surface area (Å²) in [6.45, 7) is 10.2. The predicted molar refractivity (Wildman–Crippen MR) is 390 cm³/mol. The molecule has 2 aliphatic rings. The molecule has 0 heterocycles. The van der Waals surface area contributed by atoms with Crippen molar-refractivity contribution in [3.05, 3.63) is 228 Å². The number of carbonyl (C=O) groups is 2. The molecule has 0 aromatic heterocycles. The summed E-state index contributed by atoms with van der Waals surface area (Å²) < 4.78 is 60.0. The first-order valence-corrected chi connectivity index (χ1v) is 35.9. The zero-order valence-electron chi connectivity index (χ0n) is 56.5. The summed E-state index contributed by atoms with van der Waals surface area (Å²) in [5, 5.41) is 3.01. The van der Waals surface area contributed by atoms with Crippen molar-refractivity contribution < 1.29 is 37.3 Å². The molecule has 0 bridgehead atoms. The predicted octanol–water partition coefficient (Wildman–Crippen LogP) is 25.1. The molecule has 2 aliphatic carbocycles. The standard InChI is InChI=1S/C88H92F2O6/c1-5-9-11-17-53-93-73-47-41-65(42-48-73)69-45-51-77(81(89)57-69)87(91)95-85-79(67-37-33-63(34-38-67)61-29-25-59(19-7-3)26-30-61)55-71-21-13-15-23-75(71)83(85)84-76-24-16-14-22-72(76)56-80(68-39-35-64(36-40-68)62-31-27-60(20-8-4)28-32-62)86(84)96-88(92)78-52-46-70(58-82(78)90)66-43-49-74(50-44-66)94-54-18-12-10-6-2/h13-16,21-24,33-52,55-62H,5-12,17-20,25-32,53-54H2,1-4H3. The Morgan fingerprint density at radius 1 is 0.375 bits per heavy atom. The topological polar surface area (TPSA) is 71.1 Å². The van der Waals surface area contributed by atoms with Crippen LogP contribution < -0.4 is 18.9 Å². The van der Waals surface area contributed by atoms with Crippen molar-refractivity contribution in [1.82, 2.24) is 0 Å². The van der Waals surface area contributed by atoms with E-state index in [2.05, 4.69) is 76.2 Å². The summed E-state index contributed by atoms with van der Waals surface area (Å²) in [7, 11) is 0. The Bertz CT molecular complexity index is 3980. The van der Waals surface area contributed by atoms with Gasteiger partial charge in [-0.1, -0.05) is 225 Å². The van der Waals surface area contributed by atoms with E-state index in [9.17, 15) is 0 Å². The van der Waals surface area contributed by atoms with Crippen LogP contribution in [-0.2, 0) is 0 Å². The molecule has 12 rings (SSSR count). The Labute approximate surface area is 567 Å². The second kappa shape index (κ2) is 32.2. The number of esters is 2. The zero-order chi connectivity index (χ0) is 66.3. The van der Waals surface area contributed by atoms with Crippen LogP contribution in [0.2, 0.25) is 0 Å². The molecule has 96 heavy (non-hydrogen) atoms. The Hall–Kier alpha value is -8.88. The Kier molecular flexibility index (Phi) is 22.5. The lowest BCUT2D eigenvalue weighted by Gasteiger charge is -2.29. The van der Waals surface area contributed by atoms with Crippen molar-refractivity contribution in [3.8, 4) is 78.6 Å². The molecule has 0 aliphatic heterocycles. The van der Waals surface area contributed by atoms with Crippen LogP contribution in [0.4, 0.5) is 8.78 Å². The molecule has 0 atom stereocenters. The van der Waals surface area contributed by atoms with Gasteiger partial charge >= 0.3 is 11.9 Å². The Morgan fingerprint density at radius 2 is 0.740 bits per heavy atom. The second-order valence-electron chi connectivity index (χ2n) is 27.0. The fraction of sp³-hybridized carbons (Fsp3) is 0.341. The SMILES string of the molecule is CCCCCCOc1ccc(-c2ccc(C(=O)Oc3c(-c4ccc(C5CCC(CCC)CC5)cc4)cc4ccccc4c3-c3c(OC(=O)c4ccc(-c5ccc(OCCCCCC)cc5)cc4F)c(-c4ccc(C5CCC(CCC)CC5)cc4)cc4ccccc34)c(F)c2)cc1. The van der Waals surface area contributed by atoms with Crippen molar-refractivity contribution >= 4 is 33.5 Å². The molecule has 10 aromatic carbocycles. The molecule has 0 unspecified atom stereocenters. The van der Waals surface area contributed by atoms with E-state index in [-0.39, 0.29) is 22.6 Å². The molecular weight excluding hydrogens is 1190 g/mol. The highest BCUT2D eigenvalue weighted by atomic mass is 19.1. The molecule has 0 spiro atoms. The minimum atomic E-state index is -0.908. The lowest BCUT2D eigenvalue weighted by molar-refractivity contribution is 0.0719. The summed E-state index contributed by atoms with van der Waals surface area (Å²) in [5.74, 6) is 0.832. The number of benzene rings is 10. The van der Waals surface area contributed by atoms with Crippen molar-refractivity contribution in [2.45, 2.75) is 168 Å². The average Bonchev–Trinajstić information content (AvgIpc) is 0.728. The van der Waals surface area contributed by atoms with E-state index in [0.29, 0.717) is 69.2 Å². The van der Waals surface area contributed by atoms with E-state index < -0.39 is 23.6 Å². The molecule has 0 saturated heterocycles. The van der Waals surface area contributed by atoms with E-state index in [1.165, 1.54) is 99.6 Å². The van der Waals surface area contributed by atoms with Crippen LogP contribution in [0.25, 0.3) is 77.2 Å². The maximum atomic E-state index is 17.1. The fourth-order valence-electron chi connectivity index (χ4n) is 15.0. The number of rotatable bonds is 27. The lowest BCUT2D eigenvalue weighted by Crippen LogP contribution is -2.14. The van der Waals surface area contributed by atoms with Gasteiger partial charge in [-0.05, 0) is 215 Å². The van der Waals surface area contributed by atoms with Gasteiger partial charge < -0.3 is 18.9 Å². The van der Waals surface area contributed by atoms with Gasteiger partial charge in [0, 0.05) is 22.3 Å². The number of carbonyl (C=O) groups excluding carboxylic acids is 2. The first kappa shape index (κ1) is 67.1. The van der Waals surface area contributed by atoms with Gasteiger partial charge in [-0.15, -0.1) is 0 Å². The maximum absolute atomic E-state index is 17.1. The first-order valence-electron chi connectivity index (χ1n) is 35.9. The molecule has 0 N–H and O–H groups in total. The lowest BCUT2D eigenvalue weighted by atomic mass is 9.77.